The molecule has 1 aromatic carbocycles. The standard InChI is InChI=1S/C19H25N3O3/c1-3-11-22(15-16-7-5-4-6-8-16)19(23)21-17-9-10-18(20-14-17)25-13-12-24-2/h4-10,14H,3,11-13,15H2,1-2H3,(H,21,23). The molecule has 1 N–H and O–H groups in total. The van der Waals surface area contributed by atoms with Gasteiger partial charge in [0.2, 0.25) is 5.88 Å². The van der Waals surface area contributed by atoms with Crippen molar-refractivity contribution in [1.82, 2.24) is 9.88 Å². The Morgan fingerprint density at radius 2 is 1.96 bits per heavy atom. The van der Waals surface area contributed by atoms with Crippen molar-refractivity contribution >= 4 is 11.7 Å². The summed E-state index contributed by atoms with van der Waals surface area (Å²) in [6.45, 7) is 4.26. The number of rotatable bonds is 9. The molecule has 2 aromatic rings. The van der Waals surface area contributed by atoms with E-state index in [1.165, 1.54) is 0 Å². The number of anilines is 1. The van der Waals surface area contributed by atoms with Crippen molar-refractivity contribution in [3.05, 3.63) is 54.2 Å². The number of amides is 2. The van der Waals surface area contributed by atoms with Crippen LogP contribution >= 0.6 is 0 Å². The summed E-state index contributed by atoms with van der Waals surface area (Å²) in [6, 6.07) is 13.3. The molecule has 0 fully saturated rings. The SMILES string of the molecule is CCCN(Cc1ccccc1)C(=O)Nc1ccc(OCCOC)nc1. The van der Waals surface area contributed by atoms with Gasteiger partial charge in [-0.05, 0) is 18.1 Å². The van der Waals surface area contributed by atoms with Gasteiger partial charge in [0.15, 0.2) is 0 Å². The molecule has 0 radical (unpaired) electrons. The van der Waals surface area contributed by atoms with E-state index >= 15 is 0 Å². The zero-order chi connectivity index (χ0) is 17.9. The van der Waals surface area contributed by atoms with Crippen molar-refractivity contribution in [2.24, 2.45) is 0 Å². The first-order valence-corrected chi connectivity index (χ1v) is 8.40. The number of urea groups is 1. The van der Waals surface area contributed by atoms with Crippen LogP contribution in [-0.2, 0) is 11.3 Å². The van der Waals surface area contributed by atoms with Crippen LogP contribution in [0.4, 0.5) is 10.5 Å². The van der Waals surface area contributed by atoms with E-state index in [1.807, 2.05) is 30.3 Å². The quantitative estimate of drug-likeness (QED) is 0.707. The second kappa shape index (κ2) is 10.3. The maximum Gasteiger partial charge on any atom is 0.322 e. The van der Waals surface area contributed by atoms with E-state index in [0.29, 0.717) is 37.9 Å². The van der Waals surface area contributed by atoms with Crippen LogP contribution in [0.25, 0.3) is 0 Å². The van der Waals surface area contributed by atoms with Crippen molar-refractivity contribution in [2.45, 2.75) is 19.9 Å². The molecule has 2 rings (SSSR count). The lowest BCUT2D eigenvalue weighted by Crippen LogP contribution is -2.35. The minimum atomic E-state index is -0.138. The van der Waals surface area contributed by atoms with E-state index < -0.39 is 0 Å². The molecule has 0 aliphatic rings. The molecule has 0 spiro atoms. The number of carbonyl (C=O) groups excluding carboxylic acids is 1. The van der Waals surface area contributed by atoms with Gasteiger partial charge in [-0.2, -0.15) is 0 Å². The van der Waals surface area contributed by atoms with Gasteiger partial charge in [0, 0.05) is 26.3 Å². The van der Waals surface area contributed by atoms with Crippen LogP contribution < -0.4 is 10.1 Å². The van der Waals surface area contributed by atoms with Crippen molar-refractivity contribution in [3.8, 4) is 5.88 Å². The van der Waals surface area contributed by atoms with Gasteiger partial charge in [-0.1, -0.05) is 37.3 Å². The molecule has 0 aliphatic carbocycles. The number of aromatic nitrogens is 1. The highest BCUT2D eigenvalue weighted by atomic mass is 16.5. The summed E-state index contributed by atoms with van der Waals surface area (Å²) < 4.78 is 10.3. The topological polar surface area (TPSA) is 63.7 Å². The second-order valence-electron chi connectivity index (χ2n) is 5.56. The molecule has 6 heteroatoms. The Morgan fingerprint density at radius 3 is 2.60 bits per heavy atom. The first-order valence-electron chi connectivity index (χ1n) is 8.40. The minimum Gasteiger partial charge on any atom is -0.475 e. The fourth-order valence-electron chi connectivity index (χ4n) is 2.30. The maximum atomic E-state index is 12.5. The summed E-state index contributed by atoms with van der Waals surface area (Å²) in [5.41, 5.74) is 1.74. The summed E-state index contributed by atoms with van der Waals surface area (Å²) in [5.74, 6) is 0.504. The molecule has 25 heavy (non-hydrogen) atoms. The highest BCUT2D eigenvalue weighted by molar-refractivity contribution is 5.89. The van der Waals surface area contributed by atoms with Crippen LogP contribution in [0, 0.1) is 0 Å². The van der Waals surface area contributed by atoms with E-state index in [4.69, 9.17) is 9.47 Å². The Morgan fingerprint density at radius 1 is 1.16 bits per heavy atom. The molecule has 1 aromatic heterocycles. The molecular weight excluding hydrogens is 318 g/mol. The van der Waals surface area contributed by atoms with Crippen molar-refractivity contribution in [1.29, 1.82) is 0 Å². The second-order valence-corrected chi connectivity index (χ2v) is 5.56. The van der Waals surface area contributed by atoms with Gasteiger partial charge in [0.1, 0.15) is 6.61 Å². The third-order valence-electron chi connectivity index (χ3n) is 3.52. The highest BCUT2D eigenvalue weighted by Crippen LogP contribution is 2.13. The van der Waals surface area contributed by atoms with Crippen LogP contribution in [-0.4, -0.2) is 42.8 Å². The predicted octanol–water partition coefficient (Wildman–Crippen LogP) is 3.55. The molecule has 0 aliphatic heterocycles. The summed E-state index contributed by atoms with van der Waals surface area (Å²) in [7, 11) is 1.62. The van der Waals surface area contributed by atoms with Gasteiger partial charge >= 0.3 is 6.03 Å². The number of ether oxygens (including phenoxy) is 2. The van der Waals surface area contributed by atoms with E-state index in [-0.39, 0.29) is 6.03 Å². The van der Waals surface area contributed by atoms with E-state index in [2.05, 4.69) is 17.2 Å². The lowest BCUT2D eigenvalue weighted by molar-refractivity contribution is 0.144. The lowest BCUT2D eigenvalue weighted by atomic mass is 10.2. The average molecular weight is 343 g/mol. The van der Waals surface area contributed by atoms with E-state index in [9.17, 15) is 4.79 Å². The van der Waals surface area contributed by atoms with Crippen molar-refractivity contribution in [2.75, 3.05) is 32.2 Å². The fraction of sp³-hybridized carbons (Fsp3) is 0.368. The average Bonchev–Trinajstić information content (AvgIpc) is 2.64. The van der Waals surface area contributed by atoms with Gasteiger partial charge in [-0.3, -0.25) is 0 Å². The minimum absolute atomic E-state index is 0.138. The number of nitrogens with zero attached hydrogens (tertiary/aromatic N) is 2. The van der Waals surface area contributed by atoms with Gasteiger partial charge in [-0.25, -0.2) is 9.78 Å². The summed E-state index contributed by atoms with van der Waals surface area (Å²) in [5, 5.41) is 2.89. The Bertz CT molecular complexity index is 632. The number of hydrogen-bond donors (Lipinski definition) is 1. The monoisotopic (exact) mass is 343 g/mol. The zero-order valence-electron chi connectivity index (χ0n) is 14.8. The molecule has 6 nitrogen and oxygen atoms in total. The Labute approximate surface area is 148 Å². The fourth-order valence-corrected chi connectivity index (χ4v) is 2.30. The van der Waals surface area contributed by atoms with Crippen molar-refractivity contribution < 1.29 is 14.3 Å². The van der Waals surface area contributed by atoms with Gasteiger partial charge < -0.3 is 19.7 Å². The summed E-state index contributed by atoms with van der Waals surface area (Å²) in [6.07, 6.45) is 2.48. The van der Waals surface area contributed by atoms with Gasteiger partial charge in [0.05, 0.1) is 18.5 Å². The van der Waals surface area contributed by atoms with E-state index in [1.54, 1.807) is 30.3 Å². The molecule has 0 unspecified atom stereocenters. The molecule has 0 atom stereocenters. The summed E-state index contributed by atoms with van der Waals surface area (Å²) >= 11 is 0. The third-order valence-corrected chi connectivity index (χ3v) is 3.52. The van der Waals surface area contributed by atoms with Gasteiger partial charge in [0.25, 0.3) is 0 Å². The highest BCUT2D eigenvalue weighted by Gasteiger charge is 2.13. The number of pyridine rings is 1. The Balaban J connectivity index is 1.93. The molecule has 2 amide bonds. The molecule has 0 saturated heterocycles. The largest absolute Gasteiger partial charge is 0.475 e. The first kappa shape index (κ1) is 18.7. The molecule has 0 saturated carbocycles. The zero-order valence-corrected chi connectivity index (χ0v) is 14.8. The van der Waals surface area contributed by atoms with Crippen LogP contribution in [0.2, 0.25) is 0 Å². The van der Waals surface area contributed by atoms with Crippen molar-refractivity contribution in [3.63, 3.8) is 0 Å². The molecular formula is C19H25N3O3. The molecule has 134 valence electrons. The van der Waals surface area contributed by atoms with Crippen LogP contribution in [0.15, 0.2) is 48.7 Å². The number of carbonyl (C=O) groups is 1. The Kier molecular flexibility index (Phi) is 7.72. The first-order chi connectivity index (χ1) is 12.2. The third kappa shape index (κ3) is 6.43. The van der Waals surface area contributed by atoms with Crippen LogP contribution in [0.5, 0.6) is 5.88 Å². The predicted molar refractivity (Wildman–Crippen MR) is 97.8 cm³/mol. The smallest absolute Gasteiger partial charge is 0.322 e. The Hall–Kier alpha value is -2.60. The lowest BCUT2D eigenvalue weighted by Gasteiger charge is -2.22. The summed E-state index contributed by atoms with van der Waals surface area (Å²) in [4.78, 5) is 18.5. The maximum absolute atomic E-state index is 12.5. The van der Waals surface area contributed by atoms with Crippen LogP contribution in [0.1, 0.15) is 18.9 Å². The molecule has 0 bridgehead atoms. The number of hydrogen-bond acceptors (Lipinski definition) is 4. The number of nitrogens with one attached hydrogen (secondary N) is 1. The van der Waals surface area contributed by atoms with Gasteiger partial charge in [-0.15, -0.1) is 0 Å². The molecule has 1 heterocycles. The number of benzene rings is 1. The number of methoxy groups -OCH3 is 1. The van der Waals surface area contributed by atoms with Crippen LogP contribution in [0.3, 0.4) is 0 Å². The van der Waals surface area contributed by atoms with E-state index in [0.717, 1.165) is 12.0 Å². The normalized spacial score (nSPS) is 10.3.